The largest absolute Gasteiger partial charge is 0.335 e. The third-order valence-corrected chi connectivity index (χ3v) is 2.41. The van der Waals surface area contributed by atoms with Gasteiger partial charge in [-0.25, -0.2) is 0 Å². The topological polar surface area (TPSA) is 40.6 Å². The van der Waals surface area contributed by atoms with Crippen LogP contribution in [-0.4, -0.2) is 47.8 Å². The van der Waals surface area contributed by atoms with E-state index in [4.69, 9.17) is 0 Å². The van der Waals surface area contributed by atoms with Gasteiger partial charge in [-0.1, -0.05) is 24.3 Å². The lowest BCUT2D eigenvalue weighted by Gasteiger charge is -2.22. The zero-order valence-corrected chi connectivity index (χ0v) is 11.4. The Labute approximate surface area is 115 Å². The Morgan fingerprint density at radius 1 is 0.684 bits per heavy atom. The van der Waals surface area contributed by atoms with Crippen LogP contribution < -0.4 is 0 Å². The van der Waals surface area contributed by atoms with Crippen molar-refractivity contribution in [1.29, 1.82) is 0 Å². The van der Waals surface area contributed by atoms with E-state index >= 15 is 0 Å². The average Bonchev–Trinajstić information content (AvgIpc) is 2.38. The minimum absolute atomic E-state index is 0.163. The molecule has 0 atom stereocenters. The highest BCUT2D eigenvalue weighted by Gasteiger charge is 2.18. The fourth-order valence-corrected chi connectivity index (χ4v) is 1.53. The molecule has 0 aromatic rings. The van der Waals surface area contributed by atoms with Crippen molar-refractivity contribution >= 4 is 11.8 Å². The zero-order chi connectivity index (χ0) is 14.7. The SMILES string of the molecule is C=CCN(CC=C)C(=O)CC(=O)N(CC=C)CC=C. The van der Waals surface area contributed by atoms with Gasteiger partial charge in [-0.15, -0.1) is 26.3 Å². The third-order valence-electron chi connectivity index (χ3n) is 2.41. The highest BCUT2D eigenvalue weighted by molar-refractivity contribution is 5.97. The summed E-state index contributed by atoms with van der Waals surface area (Å²) in [5.41, 5.74) is 0. The molecule has 19 heavy (non-hydrogen) atoms. The van der Waals surface area contributed by atoms with Crippen LogP contribution in [0, 0.1) is 0 Å². The summed E-state index contributed by atoms with van der Waals surface area (Å²) in [5, 5.41) is 0. The van der Waals surface area contributed by atoms with Gasteiger partial charge >= 0.3 is 0 Å². The molecular weight excluding hydrogens is 240 g/mol. The highest BCUT2D eigenvalue weighted by atomic mass is 16.2. The molecular formula is C15H22N2O2. The Balaban J connectivity index is 4.60. The molecule has 0 radical (unpaired) electrons. The molecule has 0 aliphatic carbocycles. The van der Waals surface area contributed by atoms with Crippen LogP contribution in [0.4, 0.5) is 0 Å². The van der Waals surface area contributed by atoms with Crippen molar-refractivity contribution in [3.8, 4) is 0 Å². The maximum atomic E-state index is 12.0. The first kappa shape index (κ1) is 16.9. The third kappa shape index (κ3) is 6.41. The summed E-state index contributed by atoms with van der Waals surface area (Å²) in [6.07, 6.45) is 6.33. The number of hydrogen-bond acceptors (Lipinski definition) is 2. The molecule has 0 aliphatic rings. The second kappa shape index (κ2) is 9.88. The van der Waals surface area contributed by atoms with Crippen molar-refractivity contribution in [3.05, 3.63) is 50.6 Å². The van der Waals surface area contributed by atoms with E-state index in [0.29, 0.717) is 26.2 Å². The second-order valence-corrected chi connectivity index (χ2v) is 3.93. The van der Waals surface area contributed by atoms with Crippen LogP contribution in [0.25, 0.3) is 0 Å². The van der Waals surface area contributed by atoms with E-state index in [2.05, 4.69) is 26.3 Å². The molecule has 2 amide bonds. The van der Waals surface area contributed by atoms with E-state index in [9.17, 15) is 9.59 Å². The monoisotopic (exact) mass is 262 g/mol. The van der Waals surface area contributed by atoms with Crippen LogP contribution in [0.1, 0.15) is 6.42 Å². The fraction of sp³-hybridized carbons (Fsp3) is 0.333. The van der Waals surface area contributed by atoms with Crippen LogP contribution in [0.3, 0.4) is 0 Å². The van der Waals surface area contributed by atoms with Crippen molar-refractivity contribution in [2.75, 3.05) is 26.2 Å². The molecule has 0 unspecified atom stereocenters. The fourth-order valence-electron chi connectivity index (χ4n) is 1.53. The van der Waals surface area contributed by atoms with Crippen molar-refractivity contribution in [2.45, 2.75) is 6.42 Å². The summed E-state index contributed by atoms with van der Waals surface area (Å²) in [6.45, 7) is 16.0. The molecule has 0 heterocycles. The van der Waals surface area contributed by atoms with Gasteiger partial charge in [0.25, 0.3) is 0 Å². The lowest BCUT2D eigenvalue weighted by Crippen LogP contribution is -2.38. The smallest absolute Gasteiger partial charge is 0.232 e. The molecule has 0 bridgehead atoms. The Hall–Kier alpha value is -2.10. The van der Waals surface area contributed by atoms with Crippen LogP contribution in [0.5, 0.6) is 0 Å². The van der Waals surface area contributed by atoms with E-state index in [1.807, 2.05) is 0 Å². The number of carbonyl (C=O) groups excluding carboxylic acids is 2. The summed E-state index contributed by atoms with van der Waals surface area (Å²) in [7, 11) is 0. The molecule has 0 aliphatic heterocycles. The number of amides is 2. The summed E-state index contributed by atoms with van der Waals surface area (Å²) in [5.74, 6) is -0.467. The van der Waals surface area contributed by atoms with E-state index in [-0.39, 0.29) is 18.2 Å². The van der Waals surface area contributed by atoms with Gasteiger partial charge in [0.15, 0.2) is 0 Å². The maximum absolute atomic E-state index is 12.0. The van der Waals surface area contributed by atoms with Crippen molar-refractivity contribution in [3.63, 3.8) is 0 Å². The molecule has 0 N–H and O–H groups in total. The first-order chi connectivity index (χ1) is 9.10. The molecule has 104 valence electrons. The van der Waals surface area contributed by atoms with Crippen LogP contribution in [0.2, 0.25) is 0 Å². The van der Waals surface area contributed by atoms with Crippen LogP contribution >= 0.6 is 0 Å². The summed E-state index contributed by atoms with van der Waals surface area (Å²) >= 11 is 0. The van der Waals surface area contributed by atoms with Gasteiger partial charge in [0.1, 0.15) is 6.42 Å². The van der Waals surface area contributed by atoms with Gasteiger partial charge in [-0.2, -0.15) is 0 Å². The van der Waals surface area contributed by atoms with Gasteiger partial charge in [0, 0.05) is 26.2 Å². The summed E-state index contributed by atoms with van der Waals surface area (Å²) < 4.78 is 0. The maximum Gasteiger partial charge on any atom is 0.232 e. The van der Waals surface area contributed by atoms with Crippen LogP contribution in [0.15, 0.2) is 50.6 Å². The molecule has 0 saturated carbocycles. The average molecular weight is 262 g/mol. The highest BCUT2D eigenvalue weighted by Crippen LogP contribution is 2.01. The standard InChI is InChI=1S/C15H22N2O2/c1-5-9-16(10-6-2)14(18)13-15(19)17(11-7-3)12-8-4/h5-8H,1-4,9-13H2. The molecule has 0 spiro atoms. The van der Waals surface area contributed by atoms with Crippen molar-refractivity contribution in [2.24, 2.45) is 0 Å². The number of rotatable bonds is 10. The van der Waals surface area contributed by atoms with Crippen molar-refractivity contribution in [1.82, 2.24) is 9.80 Å². The van der Waals surface area contributed by atoms with Gasteiger partial charge in [0.2, 0.25) is 11.8 Å². The lowest BCUT2D eigenvalue weighted by atomic mass is 10.3. The van der Waals surface area contributed by atoms with Gasteiger partial charge in [0.05, 0.1) is 0 Å². The number of carbonyl (C=O) groups is 2. The minimum Gasteiger partial charge on any atom is -0.335 e. The molecule has 4 nitrogen and oxygen atoms in total. The van der Waals surface area contributed by atoms with E-state index in [0.717, 1.165) is 0 Å². The Morgan fingerprint density at radius 2 is 0.947 bits per heavy atom. The molecule has 4 heteroatoms. The van der Waals surface area contributed by atoms with Crippen molar-refractivity contribution < 1.29 is 9.59 Å². The number of hydrogen-bond donors (Lipinski definition) is 0. The van der Waals surface area contributed by atoms with Gasteiger partial charge in [-0.05, 0) is 0 Å². The number of nitrogens with zero attached hydrogens (tertiary/aromatic N) is 2. The van der Waals surface area contributed by atoms with Gasteiger partial charge < -0.3 is 9.80 Å². The molecule has 0 fully saturated rings. The van der Waals surface area contributed by atoms with E-state index in [1.54, 1.807) is 24.3 Å². The second-order valence-electron chi connectivity index (χ2n) is 3.93. The quantitative estimate of drug-likeness (QED) is 0.445. The Morgan fingerprint density at radius 3 is 1.16 bits per heavy atom. The molecule has 0 aromatic heterocycles. The van der Waals surface area contributed by atoms with E-state index < -0.39 is 0 Å². The Kier molecular flexibility index (Phi) is 8.79. The lowest BCUT2D eigenvalue weighted by molar-refractivity contribution is -0.139. The summed E-state index contributed by atoms with van der Waals surface area (Å²) in [4.78, 5) is 27.0. The normalized spacial score (nSPS) is 9.26. The first-order valence-electron chi connectivity index (χ1n) is 6.09. The first-order valence-corrected chi connectivity index (χ1v) is 6.09. The Bertz CT molecular complexity index is 307. The predicted octanol–water partition coefficient (Wildman–Crippen LogP) is 1.78. The van der Waals surface area contributed by atoms with Crippen LogP contribution in [-0.2, 0) is 9.59 Å². The predicted molar refractivity (Wildman–Crippen MR) is 78.6 cm³/mol. The van der Waals surface area contributed by atoms with E-state index in [1.165, 1.54) is 9.80 Å². The molecule has 0 aromatic carbocycles. The molecule has 0 saturated heterocycles. The minimum atomic E-state index is -0.233. The molecule has 0 rings (SSSR count). The van der Waals surface area contributed by atoms with Gasteiger partial charge in [-0.3, -0.25) is 9.59 Å². The summed E-state index contributed by atoms with van der Waals surface area (Å²) in [6, 6.07) is 0. The zero-order valence-electron chi connectivity index (χ0n) is 11.4.